The van der Waals surface area contributed by atoms with Crippen LogP contribution in [0.2, 0.25) is 0 Å². The molecule has 1 fully saturated rings. The van der Waals surface area contributed by atoms with Crippen molar-refractivity contribution in [2.45, 2.75) is 25.3 Å². The average molecular weight is 229 g/mol. The number of para-hydroxylation sites is 1. The molecule has 0 radical (unpaired) electrons. The zero-order valence-electron chi connectivity index (χ0n) is 9.57. The van der Waals surface area contributed by atoms with Crippen LogP contribution in [0, 0.1) is 11.3 Å². The maximum absolute atomic E-state index is 12.0. The number of hydrogen-bond acceptors (Lipinski definition) is 3. The van der Waals surface area contributed by atoms with Crippen molar-refractivity contribution in [3.05, 3.63) is 29.8 Å². The van der Waals surface area contributed by atoms with Crippen molar-refractivity contribution in [3.8, 4) is 6.07 Å². The predicted octanol–water partition coefficient (Wildman–Crippen LogP) is 1.64. The fraction of sp³-hybridized carbons (Fsp3) is 0.385. The Kier molecular flexibility index (Phi) is 3.73. The maximum atomic E-state index is 12.0. The maximum Gasteiger partial charge on any atom is 0.241 e. The third-order valence-corrected chi connectivity index (χ3v) is 2.93. The molecule has 4 heteroatoms. The molecular weight excluding hydrogens is 214 g/mol. The topological polar surface area (TPSA) is 64.9 Å². The first-order chi connectivity index (χ1) is 8.31. The Morgan fingerprint density at radius 1 is 1.41 bits per heavy atom. The predicted molar refractivity (Wildman–Crippen MR) is 65.4 cm³/mol. The third kappa shape index (κ3) is 2.83. The van der Waals surface area contributed by atoms with E-state index in [1.807, 2.05) is 6.07 Å². The number of piperidine rings is 1. The molecule has 1 atom stereocenters. The minimum absolute atomic E-state index is 0.0487. The minimum Gasteiger partial charge on any atom is -0.324 e. The summed E-state index contributed by atoms with van der Waals surface area (Å²) in [5, 5.41) is 14.9. The summed E-state index contributed by atoms with van der Waals surface area (Å²) < 4.78 is 0. The summed E-state index contributed by atoms with van der Waals surface area (Å²) in [6.45, 7) is 0.887. The number of anilines is 1. The molecule has 1 aromatic rings. The summed E-state index contributed by atoms with van der Waals surface area (Å²) in [7, 11) is 0. The molecule has 17 heavy (non-hydrogen) atoms. The van der Waals surface area contributed by atoms with Crippen molar-refractivity contribution >= 4 is 11.6 Å². The molecule has 1 saturated heterocycles. The summed E-state index contributed by atoms with van der Waals surface area (Å²) >= 11 is 0. The SMILES string of the molecule is N#Cc1ccccc1NC(=O)C1CCCCN1. The molecule has 0 saturated carbocycles. The van der Waals surface area contributed by atoms with Gasteiger partial charge in [0.1, 0.15) is 6.07 Å². The van der Waals surface area contributed by atoms with Gasteiger partial charge in [-0.3, -0.25) is 4.79 Å². The van der Waals surface area contributed by atoms with Gasteiger partial charge in [0.05, 0.1) is 17.3 Å². The number of nitrogens with zero attached hydrogens (tertiary/aromatic N) is 1. The van der Waals surface area contributed by atoms with Crippen LogP contribution in [0.25, 0.3) is 0 Å². The summed E-state index contributed by atoms with van der Waals surface area (Å²) in [5.41, 5.74) is 1.09. The molecule has 1 aliphatic rings. The number of hydrogen-bond donors (Lipinski definition) is 2. The van der Waals surface area contributed by atoms with Crippen LogP contribution >= 0.6 is 0 Å². The number of nitrogens with one attached hydrogen (secondary N) is 2. The van der Waals surface area contributed by atoms with Crippen molar-refractivity contribution in [2.75, 3.05) is 11.9 Å². The van der Waals surface area contributed by atoms with E-state index in [2.05, 4.69) is 16.7 Å². The van der Waals surface area contributed by atoms with Gasteiger partial charge in [-0.25, -0.2) is 0 Å². The van der Waals surface area contributed by atoms with E-state index in [1.54, 1.807) is 18.2 Å². The molecule has 4 nitrogen and oxygen atoms in total. The Morgan fingerprint density at radius 3 is 2.94 bits per heavy atom. The molecular formula is C13H15N3O. The van der Waals surface area contributed by atoms with Gasteiger partial charge in [-0.1, -0.05) is 18.6 Å². The van der Waals surface area contributed by atoms with E-state index in [0.717, 1.165) is 25.8 Å². The zero-order valence-corrected chi connectivity index (χ0v) is 9.57. The van der Waals surface area contributed by atoms with E-state index in [1.165, 1.54) is 0 Å². The van der Waals surface area contributed by atoms with Crippen LogP contribution in [0.3, 0.4) is 0 Å². The number of carbonyl (C=O) groups excluding carboxylic acids is 1. The minimum atomic E-state index is -0.129. The zero-order chi connectivity index (χ0) is 12.1. The highest BCUT2D eigenvalue weighted by atomic mass is 16.2. The smallest absolute Gasteiger partial charge is 0.241 e. The second-order valence-electron chi connectivity index (χ2n) is 4.15. The first-order valence-electron chi connectivity index (χ1n) is 5.84. The number of benzene rings is 1. The molecule has 0 aliphatic carbocycles. The molecule has 0 bridgehead atoms. The lowest BCUT2D eigenvalue weighted by atomic mass is 10.0. The summed E-state index contributed by atoms with van der Waals surface area (Å²) in [6, 6.07) is 8.98. The van der Waals surface area contributed by atoms with E-state index < -0.39 is 0 Å². The van der Waals surface area contributed by atoms with Crippen LogP contribution < -0.4 is 10.6 Å². The van der Waals surface area contributed by atoms with Crippen molar-refractivity contribution in [3.63, 3.8) is 0 Å². The van der Waals surface area contributed by atoms with Crippen LogP contribution in [0.1, 0.15) is 24.8 Å². The van der Waals surface area contributed by atoms with E-state index in [0.29, 0.717) is 11.3 Å². The number of carbonyl (C=O) groups is 1. The number of amides is 1. The summed E-state index contributed by atoms with van der Waals surface area (Å²) in [5.74, 6) is -0.0487. The third-order valence-electron chi connectivity index (χ3n) is 2.93. The average Bonchev–Trinajstić information content (AvgIpc) is 2.40. The Morgan fingerprint density at radius 2 is 2.24 bits per heavy atom. The molecule has 0 spiro atoms. The van der Waals surface area contributed by atoms with E-state index in [9.17, 15) is 4.79 Å². The van der Waals surface area contributed by atoms with Crippen molar-refractivity contribution in [1.29, 1.82) is 5.26 Å². The van der Waals surface area contributed by atoms with Gasteiger partial charge in [0.15, 0.2) is 0 Å². The monoisotopic (exact) mass is 229 g/mol. The normalized spacial score (nSPS) is 19.4. The summed E-state index contributed by atoms with van der Waals surface area (Å²) in [4.78, 5) is 12.0. The Hall–Kier alpha value is -1.86. The first kappa shape index (κ1) is 11.6. The van der Waals surface area contributed by atoms with Crippen LogP contribution in [-0.2, 0) is 4.79 Å². The Labute approximate surface area is 101 Å². The van der Waals surface area contributed by atoms with Gasteiger partial charge >= 0.3 is 0 Å². The molecule has 2 N–H and O–H groups in total. The highest BCUT2D eigenvalue weighted by Gasteiger charge is 2.20. The second kappa shape index (κ2) is 5.46. The molecule has 1 aromatic carbocycles. The highest BCUT2D eigenvalue weighted by molar-refractivity contribution is 5.95. The van der Waals surface area contributed by atoms with E-state index >= 15 is 0 Å². The van der Waals surface area contributed by atoms with Gasteiger partial charge < -0.3 is 10.6 Å². The first-order valence-corrected chi connectivity index (χ1v) is 5.84. The number of rotatable bonds is 2. The molecule has 88 valence electrons. The molecule has 1 heterocycles. The van der Waals surface area contributed by atoms with Crippen molar-refractivity contribution < 1.29 is 4.79 Å². The fourth-order valence-corrected chi connectivity index (χ4v) is 1.99. The van der Waals surface area contributed by atoms with Gasteiger partial charge in [0.2, 0.25) is 5.91 Å². The quantitative estimate of drug-likeness (QED) is 0.810. The van der Waals surface area contributed by atoms with Crippen LogP contribution in [0.15, 0.2) is 24.3 Å². The summed E-state index contributed by atoms with van der Waals surface area (Å²) in [6.07, 6.45) is 3.06. The van der Waals surface area contributed by atoms with E-state index in [4.69, 9.17) is 5.26 Å². The van der Waals surface area contributed by atoms with Crippen molar-refractivity contribution in [1.82, 2.24) is 5.32 Å². The lowest BCUT2D eigenvalue weighted by Gasteiger charge is -2.22. The lowest BCUT2D eigenvalue weighted by molar-refractivity contribution is -0.118. The van der Waals surface area contributed by atoms with Gasteiger partial charge in [0.25, 0.3) is 0 Å². The van der Waals surface area contributed by atoms with Crippen LogP contribution in [0.4, 0.5) is 5.69 Å². The Bertz CT molecular complexity index is 444. The van der Waals surface area contributed by atoms with Crippen molar-refractivity contribution in [2.24, 2.45) is 0 Å². The largest absolute Gasteiger partial charge is 0.324 e. The lowest BCUT2D eigenvalue weighted by Crippen LogP contribution is -2.43. The van der Waals surface area contributed by atoms with Gasteiger partial charge in [0, 0.05) is 0 Å². The fourth-order valence-electron chi connectivity index (χ4n) is 1.99. The number of nitriles is 1. The van der Waals surface area contributed by atoms with Gasteiger partial charge in [-0.15, -0.1) is 0 Å². The van der Waals surface area contributed by atoms with Crippen LogP contribution in [-0.4, -0.2) is 18.5 Å². The molecule has 1 aliphatic heterocycles. The standard InChI is InChI=1S/C13H15N3O/c14-9-10-5-1-2-6-11(10)16-13(17)12-7-3-4-8-15-12/h1-2,5-6,12,15H,3-4,7-8H2,(H,16,17). The van der Waals surface area contributed by atoms with E-state index in [-0.39, 0.29) is 11.9 Å². The molecule has 1 unspecified atom stereocenters. The van der Waals surface area contributed by atoms with Gasteiger partial charge in [-0.05, 0) is 31.5 Å². The second-order valence-corrected chi connectivity index (χ2v) is 4.15. The highest BCUT2D eigenvalue weighted by Crippen LogP contribution is 2.15. The molecule has 0 aromatic heterocycles. The molecule has 1 amide bonds. The Balaban J connectivity index is 2.05. The van der Waals surface area contributed by atoms with Crippen LogP contribution in [0.5, 0.6) is 0 Å². The molecule has 2 rings (SSSR count). The van der Waals surface area contributed by atoms with Gasteiger partial charge in [-0.2, -0.15) is 5.26 Å².